The molecule has 154 valence electrons. The van der Waals surface area contributed by atoms with E-state index in [1.165, 1.54) is 19.2 Å². The summed E-state index contributed by atoms with van der Waals surface area (Å²) >= 11 is 0. The number of nitrogen functional groups attached to an aromatic ring is 1. The number of nitrogens with two attached hydrogens (primary N) is 1. The number of H-pyrrole nitrogens is 1. The zero-order valence-electron chi connectivity index (χ0n) is 17.4. The molecule has 0 unspecified atom stereocenters. The van der Waals surface area contributed by atoms with Gasteiger partial charge in [0, 0.05) is 23.0 Å². The van der Waals surface area contributed by atoms with Crippen LogP contribution < -0.4 is 11.1 Å². The van der Waals surface area contributed by atoms with E-state index in [1.54, 1.807) is 0 Å². The molecule has 4 N–H and O–H groups in total. The molecule has 1 aliphatic carbocycles. The molecule has 4 aromatic rings. The number of carbonyl (C=O) groups is 1. The number of aromatic amines is 1. The predicted molar refractivity (Wildman–Crippen MR) is 117 cm³/mol. The van der Waals surface area contributed by atoms with E-state index in [2.05, 4.69) is 41.0 Å². The van der Waals surface area contributed by atoms with Gasteiger partial charge in [-0.15, -0.1) is 0 Å². The van der Waals surface area contributed by atoms with Gasteiger partial charge in [0.15, 0.2) is 5.65 Å². The Bertz CT molecular complexity index is 1270. The molecule has 1 amide bonds. The molecule has 1 aromatic carbocycles. The number of hydrogen-bond donors (Lipinski definition) is 3. The van der Waals surface area contributed by atoms with Crippen molar-refractivity contribution >= 4 is 33.7 Å². The van der Waals surface area contributed by atoms with Crippen LogP contribution in [-0.2, 0) is 5.54 Å². The fourth-order valence-corrected chi connectivity index (χ4v) is 3.70. The maximum Gasteiger partial charge on any atom is 0.267 e. The number of nitrogens with one attached hydrogen (secondary N) is 2. The summed E-state index contributed by atoms with van der Waals surface area (Å²) in [5.74, 6) is 0.973. The van der Waals surface area contributed by atoms with E-state index in [0.717, 1.165) is 34.1 Å². The molecule has 0 aliphatic heterocycles. The maximum absolute atomic E-state index is 12.4. The summed E-state index contributed by atoms with van der Waals surface area (Å²) < 4.78 is 1.88. The van der Waals surface area contributed by atoms with Crippen molar-refractivity contribution in [3.05, 3.63) is 36.3 Å². The highest BCUT2D eigenvalue weighted by molar-refractivity contribution is 6.02. The average molecular weight is 403 g/mol. The molecule has 3 heterocycles. The smallest absolute Gasteiger partial charge is 0.267 e. The van der Waals surface area contributed by atoms with Gasteiger partial charge in [0.25, 0.3) is 5.91 Å². The Morgan fingerprint density at radius 2 is 2.07 bits per heavy atom. The Kier molecular flexibility index (Phi) is 4.06. The Morgan fingerprint density at radius 1 is 1.27 bits per heavy atom. The third-order valence-electron chi connectivity index (χ3n) is 5.52. The molecule has 1 aliphatic rings. The number of anilines is 1. The molecule has 1 saturated carbocycles. The summed E-state index contributed by atoms with van der Waals surface area (Å²) in [6.07, 6.45) is 3.88. The van der Waals surface area contributed by atoms with Crippen molar-refractivity contribution in [1.82, 2.24) is 30.0 Å². The molecule has 0 atom stereocenters. The van der Waals surface area contributed by atoms with Crippen molar-refractivity contribution in [1.29, 1.82) is 0 Å². The van der Waals surface area contributed by atoms with Crippen molar-refractivity contribution < 1.29 is 4.79 Å². The van der Waals surface area contributed by atoms with Crippen LogP contribution in [0, 0.1) is 5.92 Å². The van der Waals surface area contributed by atoms with Gasteiger partial charge in [0.1, 0.15) is 23.5 Å². The number of rotatable bonds is 4. The second-order valence-corrected chi connectivity index (χ2v) is 9.03. The van der Waals surface area contributed by atoms with Crippen LogP contribution in [-0.4, -0.2) is 37.2 Å². The summed E-state index contributed by atoms with van der Waals surface area (Å²) in [5, 5.41) is 9.55. The van der Waals surface area contributed by atoms with Gasteiger partial charge in [0.05, 0.1) is 10.9 Å². The van der Waals surface area contributed by atoms with E-state index in [-0.39, 0.29) is 11.4 Å². The van der Waals surface area contributed by atoms with Crippen LogP contribution in [0.2, 0.25) is 0 Å². The highest BCUT2D eigenvalue weighted by atomic mass is 16.1. The first-order valence-electron chi connectivity index (χ1n) is 10.2. The zero-order valence-corrected chi connectivity index (χ0v) is 17.4. The van der Waals surface area contributed by atoms with Gasteiger partial charge < -0.3 is 16.0 Å². The van der Waals surface area contributed by atoms with Crippen molar-refractivity contribution in [2.75, 3.05) is 12.3 Å². The van der Waals surface area contributed by atoms with Crippen LogP contribution >= 0.6 is 0 Å². The number of amides is 1. The number of benzene rings is 1. The number of nitrogens with zero attached hydrogens (tertiary/aromatic N) is 4. The zero-order chi connectivity index (χ0) is 21.0. The summed E-state index contributed by atoms with van der Waals surface area (Å²) in [5.41, 5.74) is 9.71. The normalized spacial score (nSPS) is 14.5. The summed E-state index contributed by atoms with van der Waals surface area (Å²) in [7, 11) is 0. The fraction of sp³-hybridized carbons (Fsp3) is 0.364. The first kappa shape index (κ1) is 18.6. The third-order valence-corrected chi connectivity index (χ3v) is 5.52. The van der Waals surface area contributed by atoms with Gasteiger partial charge in [0.2, 0.25) is 0 Å². The number of aromatic nitrogens is 5. The second-order valence-electron chi connectivity index (χ2n) is 9.03. The molecule has 0 spiro atoms. The largest absolute Gasteiger partial charge is 0.383 e. The standard InChI is InChI=1S/C22H25N7O/c1-22(2,3)29-20-17(19(23)25-11-26-20)18(28-29)14-7-6-13-8-16(27-15(13)9-14)21(30)24-10-12-4-5-12/h6-9,11-12,27H,4-5,10H2,1-3H3,(H,24,30)(H2,23,25,26). The molecule has 3 aromatic heterocycles. The summed E-state index contributed by atoms with van der Waals surface area (Å²) in [6.45, 7) is 6.96. The lowest BCUT2D eigenvalue weighted by Gasteiger charge is -2.19. The lowest BCUT2D eigenvalue weighted by molar-refractivity contribution is 0.0947. The molecule has 0 bridgehead atoms. The average Bonchev–Trinajstić information content (AvgIpc) is 3.28. The highest BCUT2D eigenvalue weighted by Crippen LogP contribution is 2.34. The van der Waals surface area contributed by atoms with Gasteiger partial charge in [-0.1, -0.05) is 12.1 Å². The van der Waals surface area contributed by atoms with Crippen LogP contribution in [0.15, 0.2) is 30.6 Å². The third kappa shape index (κ3) is 3.18. The predicted octanol–water partition coefficient (Wildman–Crippen LogP) is 3.45. The molecule has 30 heavy (non-hydrogen) atoms. The van der Waals surface area contributed by atoms with Crippen LogP contribution in [0.25, 0.3) is 33.2 Å². The van der Waals surface area contributed by atoms with E-state index in [0.29, 0.717) is 23.1 Å². The second kappa shape index (κ2) is 6.55. The van der Waals surface area contributed by atoms with Crippen LogP contribution in [0.4, 0.5) is 5.82 Å². The first-order chi connectivity index (χ1) is 14.3. The molecular formula is C22H25N7O. The maximum atomic E-state index is 12.4. The van der Waals surface area contributed by atoms with Crippen molar-refractivity contribution in [2.45, 2.75) is 39.2 Å². The van der Waals surface area contributed by atoms with Crippen molar-refractivity contribution in [3.63, 3.8) is 0 Å². The van der Waals surface area contributed by atoms with E-state index in [9.17, 15) is 4.79 Å². The Hall–Kier alpha value is -3.42. The Morgan fingerprint density at radius 3 is 2.80 bits per heavy atom. The minimum atomic E-state index is -0.263. The first-order valence-corrected chi connectivity index (χ1v) is 10.2. The molecule has 8 heteroatoms. The van der Waals surface area contributed by atoms with Crippen molar-refractivity contribution in [2.24, 2.45) is 5.92 Å². The molecule has 1 fully saturated rings. The summed E-state index contributed by atoms with van der Waals surface area (Å²) in [6, 6.07) is 7.85. The van der Waals surface area contributed by atoms with Gasteiger partial charge in [-0.2, -0.15) is 5.10 Å². The molecule has 5 rings (SSSR count). The van der Waals surface area contributed by atoms with Gasteiger partial charge in [-0.05, 0) is 51.7 Å². The minimum Gasteiger partial charge on any atom is -0.383 e. The van der Waals surface area contributed by atoms with Crippen molar-refractivity contribution in [3.8, 4) is 11.3 Å². The Balaban J connectivity index is 1.58. The monoisotopic (exact) mass is 403 g/mol. The minimum absolute atomic E-state index is 0.0697. The fourth-order valence-electron chi connectivity index (χ4n) is 3.70. The highest BCUT2D eigenvalue weighted by Gasteiger charge is 2.25. The van der Waals surface area contributed by atoms with Gasteiger partial charge in [-0.25, -0.2) is 14.6 Å². The molecule has 0 radical (unpaired) electrons. The lowest BCUT2D eigenvalue weighted by atomic mass is 10.1. The number of fused-ring (bicyclic) bond motifs is 2. The van der Waals surface area contributed by atoms with Crippen LogP contribution in [0.3, 0.4) is 0 Å². The lowest BCUT2D eigenvalue weighted by Crippen LogP contribution is -2.25. The Labute approximate surface area is 173 Å². The topological polar surface area (TPSA) is 115 Å². The van der Waals surface area contributed by atoms with Crippen LogP contribution in [0.5, 0.6) is 0 Å². The van der Waals surface area contributed by atoms with Gasteiger partial charge >= 0.3 is 0 Å². The molecule has 8 nitrogen and oxygen atoms in total. The number of carbonyl (C=O) groups excluding carboxylic acids is 1. The van der Waals surface area contributed by atoms with Gasteiger partial charge in [-0.3, -0.25) is 4.79 Å². The quantitative estimate of drug-likeness (QED) is 0.483. The number of hydrogen-bond acceptors (Lipinski definition) is 5. The van der Waals surface area contributed by atoms with E-state index in [1.807, 2.05) is 28.9 Å². The SMILES string of the molecule is CC(C)(C)n1nc(-c2ccc3cc(C(=O)NCC4CC4)[nH]c3c2)c2c(N)ncnc21. The summed E-state index contributed by atoms with van der Waals surface area (Å²) in [4.78, 5) is 24.3. The van der Waals surface area contributed by atoms with E-state index in [4.69, 9.17) is 10.8 Å². The molecular weight excluding hydrogens is 378 g/mol. The van der Waals surface area contributed by atoms with E-state index >= 15 is 0 Å². The molecule has 0 saturated heterocycles. The van der Waals surface area contributed by atoms with E-state index < -0.39 is 0 Å². The van der Waals surface area contributed by atoms with Crippen LogP contribution in [0.1, 0.15) is 44.1 Å².